The second-order valence-corrected chi connectivity index (χ2v) is 9.49. The van der Waals surface area contributed by atoms with Gasteiger partial charge in [0.15, 0.2) is 9.84 Å². The molecule has 3 rings (SSSR count). The standard InChI is InChI=1S/C19H25NO5S/c1-13-6-8-15(9-7-13)26(24,25)11-10-18(21)20-16-5-3-2-4-14(16)12-17(20)19(22)23/h6-9,14,16-17H,2-5,10-12H2,1H3,(H,22,23)/t14-,16-,17-/m0/s1. The summed E-state index contributed by atoms with van der Waals surface area (Å²) in [5.74, 6) is -1.42. The molecule has 1 aliphatic heterocycles. The Balaban J connectivity index is 1.71. The molecular weight excluding hydrogens is 354 g/mol. The number of carboxylic acid groups (broad SMARTS) is 1. The summed E-state index contributed by atoms with van der Waals surface area (Å²) in [6.07, 6.45) is 4.11. The van der Waals surface area contributed by atoms with Crippen molar-refractivity contribution in [1.29, 1.82) is 0 Å². The van der Waals surface area contributed by atoms with Crippen LogP contribution in [-0.4, -0.2) is 48.1 Å². The zero-order chi connectivity index (χ0) is 18.9. The Hall–Kier alpha value is -1.89. The molecule has 1 aromatic carbocycles. The van der Waals surface area contributed by atoms with E-state index in [2.05, 4.69) is 0 Å². The molecule has 1 heterocycles. The van der Waals surface area contributed by atoms with Gasteiger partial charge >= 0.3 is 5.97 Å². The van der Waals surface area contributed by atoms with Crippen LogP contribution in [0.25, 0.3) is 0 Å². The monoisotopic (exact) mass is 379 g/mol. The maximum absolute atomic E-state index is 12.7. The first-order valence-electron chi connectivity index (χ1n) is 9.13. The zero-order valence-electron chi connectivity index (χ0n) is 14.9. The average Bonchev–Trinajstić information content (AvgIpc) is 3.00. The molecule has 0 radical (unpaired) electrons. The Labute approximate surface area is 154 Å². The first-order valence-corrected chi connectivity index (χ1v) is 10.8. The van der Waals surface area contributed by atoms with Gasteiger partial charge in [-0.1, -0.05) is 30.5 Å². The number of amides is 1. The summed E-state index contributed by atoms with van der Waals surface area (Å²) in [6, 6.07) is 5.66. The van der Waals surface area contributed by atoms with Crippen LogP contribution in [-0.2, 0) is 19.4 Å². The minimum absolute atomic E-state index is 0.0561. The van der Waals surface area contributed by atoms with Crippen molar-refractivity contribution in [3.05, 3.63) is 29.8 Å². The zero-order valence-corrected chi connectivity index (χ0v) is 15.7. The van der Waals surface area contributed by atoms with Crippen LogP contribution >= 0.6 is 0 Å². The number of fused-ring (bicyclic) bond motifs is 1. The lowest BCUT2D eigenvalue weighted by molar-refractivity contribution is -0.149. The van der Waals surface area contributed by atoms with Gasteiger partial charge in [0.2, 0.25) is 5.91 Å². The number of carbonyl (C=O) groups excluding carboxylic acids is 1. The predicted molar refractivity (Wildman–Crippen MR) is 96.5 cm³/mol. The highest BCUT2D eigenvalue weighted by Crippen LogP contribution is 2.40. The molecule has 0 spiro atoms. The number of rotatable bonds is 5. The topological polar surface area (TPSA) is 91.8 Å². The molecule has 1 saturated heterocycles. The molecule has 1 aromatic rings. The maximum Gasteiger partial charge on any atom is 0.326 e. The van der Waals surface area contributed by atoms with Crippen molar-refractivity contribution in [1.82, 2.24) is 4.90 Å². The van der Waals surface area contributed by atoms with E-state index in [9.17, 15) is 23.1 Å². The first-order chi connectivity index (χ1) is 12.3. The fourth-order valence-corrected chi connectivity index (χ4v) is 5.48. The van der Waals surface area contributed by atoms with E-state index in [1.807, 2.05) is 6.92 Å². The molecule has 1 N–H and O–H groups in total. The number of sulfone groups is 1. The summed E-state index contributed by atoms with van der Waals surface area (Å²) in [6.45, 7) is 1.87. The second kappa shape index (κ2) is 7.39. The molecular formula is C19H25NO5S. The Morgan fingerprint density at radius 1 is 1.15 bits per heavy atom. The third-order valence-corrected chi connectivity index (χ3v) is 7.36. The highest BCUT2D eigenvalue weighted by atomic mass is 32.2. The number of benzene rings is 1. The van der Waals surface area contributed by atoms with Gasteiger partial charge in [-0.2, -0.15) is 0 Å². The summed E-state index contributed by atoms with van der Waals surface area (Å²) in [7, 11) is -3.56. The van der Waals surface area contributed by atoms with Crippen molar-refractivity contribution >= 4 is 21.7 Å². The fraction of sp³-hybridized carbons (Fsp3) is 0.579. The highest BCUT2D eigenvalue weighted by molar-refractivity contribution is 7.91. The number of nitrogens with zero attached hydrogens (tertiary/aromatic N) is 1. The van der Waals surface area contributed by atoms with Crippen molar-refractivity contribution in [2.75, 3.05) is 5.75 Å². The predicted octanol–water partition coefficient (Wildman–Crippen LogP) is 2.40. The molecule has 1 amide bonds. The van der Waals surface area contributed by atoms with Crippen LogP contribution in [0.3, 0.4) is 0 Å². The molecule has 142 valence electrons. The number of carbonyl (C=O) groups is 2. The number of aliphatic carboxylic acids is 1. The van der Waals surface area contributed by atoms with Crippen molar-refractivity contribution in [2.24, 2.45) is 5.92 Å². The Bertz CT molecular complexity index is 787. The Kier molecular flexibility index (Phi) is 5.37. The number of likely N-dealkylation sites (tertiary alicyclic amines) is 1. The van der Waals surface area contributed by atoms with E-state index < -0.39 is 21.8 Å². The van der Waals surface area contributed by atoms with E-state index >= 15 is 0 Å². The molecule has 0 aromatic heterocycles. The first kappa shape index (κ1) is 18.9. The quantitative estimate of drug-likeness (QED) is 0.848. The van der Waals surface area contributed by atoms with Gasteiger partial charge in [0.05, 0.1) is 10.6 Å². The third kappa shape index (κ3) is 3.77. The van der Waals surface area contributed by atoms with Gasteiger partial charge in [-0.15, -0.1) is 0 Å². The van der Waals surface area contributed by atoms with Crippen LogP contribution in [0, 0.1) is 12.8 Å². The van der Waals surface area contributed by atoms with Gasteiger partial charge < -0.3 is 10.0 Å². The van der Waals surface area contributed by atoms with Crippen LogP contribution in [0.5, 0.6) is 0 Å². The largest absolute Gasteiger partial charge is 0.480 e. The van der Waals surface area contributed by atoms with E-state index in [1.165, 1.54) is 4.90 Å². The third-order valence-electron chi connectivity index (χ3n) is 5.63. The highest BCUT2D eigenvalue weighted by Gasteiger charge is 2.47. The van der Waals surface area contributed by atoms with E-state index in [4.69, 9.17) is 0 Å². The van der Waals surface area contributed by atoms with Crippen LogP contribution < -0.4 is 0 Å². The van der Waals surface area contributed by atoms with Gasteiger partial charge in [0, 0.05) is 12.5 Å². The summed E-state index contributed by atoms with van der Waals surface area (Å²) < 4.78 is 24.9. The van der Waals surface area contributed by atoms with Gasteiger partial charge in [0.1, 0.15) is 6.04 Å². The van der Waals surface area contributed by atoms with Crippen molar-refractivity contribution < 1.29 is 23.1 Å². The number of hydrogen-bond donors (Lipinski definition) is 1. The van der Waals surface area contributed by atoms with Gasteiger partial charge in [-0.05, 0) is 44.2 Å². The Morgan fingerprint density at radius 3 is 2.46 bits per heavy atom. The molecule has 0 bridgehead atoms. The van der Waals surface area contributed by atoms with E-state index in [1.54, 1.807) is 24.3 Å². The second-order valence-electron chi connectivity index (χ2n) is 7.38. The lowest BCUT2D eigenvalue weighted by atomic mass is 9.84. The van der Waals surface area contributed by atoms with Crippen LogP contribution in [0.1, 0.15) is 44.1 Å². The molecule has 0 unspecified atom stereocenters. The molecule has 1 saturated carbocycles. The van der Waals surface area contributed by atoms with Crippen LogP contribution in [0.15, 0.2) is 29.2 Å². The van der Waals surface area contributed by atoms with Gasteiger partial charge in [0.25, 0.3) is 0 Å². The summed E-state index contributed by atoms with van der Waals surface area (Å²) in [5, 5.41) is 9.50. The molecule has 2 aliphatic rings. The molecule has 26 heavy (non-hydrogen) atoms. The molecule has 1 aliphatic carbocycles. The SMILES string of the molecule is Cc1ccc(S(=O)(=O)CCC(=O)N2[C@H](C(=O)O)C[C@@H]3CCCC[C@@H]32)cc1. The lowest BCUT2D eigenvalue weighted by Gasteiger charge is -2.33. The van der Waals surface area contributed by atoms with Gasteiger partial charge in [-0.25, -0.2) is 13.2 Å². The van der Waals surface area contributed by atoms with Crippen molar-refractivity contribution in [2.45, 2.75) is 62.4 Å². The fourth-order valence-electron chi connectivity index (χ4n) is 4.25. The smallest absolute Gasteiger partial charge is 0.326 e. The minimum atomic E-state index is -3.56. The summed E-state index contributed by atoms with van der Waals surface area (Å²) in [4.78, 5) is 26.0. The maximum atomic E-state index is 12.7. The number of aryl methyl sites for hydroxylation is 1. The summed E-state index contributed by atoms with van der Waals surface area (Å²) in [5.41, 5.74) is 0.963. The lowest BCUT2D eigenvalue weighted by Crippen LogP contribution is -2.46. The molecule has 7 heteroatoms. The molecule has 6 nitrogen and oxygen atoms in total. The minimum Gasteiger partial charge on any atom is -0.480 e. The van der Waals surface area contributed by atoms with E-state index in [0.717, 1.165) is 31.2 Å². The summed E-state index contributed by atoms with van der Waals surface area (Å²) >= 11 is 0. The van der Waals surface area contributed by atoms with Crippen LogP contribution in [0.4, 0.5) is 0 Å². The average molecular weight is 379 g/mol. The number of hydrogen-bond acceptors (Lipinski definition) is 4. The number of carboxylic acids is 1. The van der Waals surface area contributed by atoms with Gasteiger partial charge in [-0.3, -0.25) is 4.79 Å². The van der Waals surface area contributed by atoms with Crippen LogP contribution in [0.2, 0.25) is 0 Å². The normalized spacial score (nSPS) is 25.7. The molecule has 3 atom stereocenters. The Morgan fingerprint density at radius 2 is 1.81 bits per heavy atom. The van der Waals surface area contributed by atoms with Crippen molar-refractivity contribution in [3.8, 4) is 0 Å². The van der Waals surface area contributed by atoms with E-state index in [0.29, 0.717) is 6.42 Å². The molecule has 2 fully saturated rings. The van der Waals surface area contributed by atoms with Crippen molar-refractivity contribution in [3.63, 3.8) is 0 Å². The van der Waals surface area contributed by atoms with E-state index in [-0.39, 0.29) is 34.9 Å².